The maximum Gasteiger partial charge on any atom is 0.197 e. The number of fused-ring (bicyclic) bond motifs is 9. The van der Waals surface area contributed by atoms with Crippen molar-refractivity contribution >= 4 is 65.8 Å². The summed E-state index contributed by atoms with van der Waals surface area (Å²) in [6, 6.07) is 37.6. The molecule has 182 valence electrons. The van der Waals surface area contributed by atoms with Gasteiger partial charge < -0.3 is 8.83 Å². The predicted molar refractivity (Wildman–Crippen MR) is 156 cm³/mol. The number of para-hydroxylation sites is 3. The van der Waals surface area contributed by atoms with Crippen LogP contribution in [0.25, 0.3) is 82.8 Å². The molecule has 0 bridgehead atoms. The fourth-order valence-corrected chi connectivity index (χ4v) is 5.96. The molecule has 0 fully saturated rings. The van der Waals surface area contributed by atoms with Crippen molar-refractivity contribution in [2.24, 2.45) is 0 Å². The molecule has 9 aromatic rings. The van der Waals surface area contributed by atoms with Gasteiger partial charge in [-0.3, -0.25) is 4.57 Å². The second-order valence-corrected chi connectivity index (χ2v) is 9.87. The molecule has 5 nitrogen and oxygen atoms in total. The Morgan fingerprint density at radius 1 is 0.487 bits per heavy atom. The Morgan fingerprint density at radius 3 is 1.82 bits per heavy atom. The molecule has 0 radical (unpaired) electrons. The largest absolute Gasteiger partial charge is 0.456 e. The Labute approximate surface area is 221 Å². The summed E-state index contributed by atoms with van der Waals surface area (Å²) in [6.07, 6.45) is 1.63. The molecule has 0 aliphatic carbocycles. The molecular weight excluding hydrogens is 482 g/mol. The lowest BCUT2D eigenvalue weighted by Crippen LogP contribution is -1.98. The number of hydrogen-bond acceptors (Lipinski definition) is 4. The summed E-state index contributed by atoms with van der Waals surface area (Å²) in [5, 5.41) is 5.55. The van der Waals surface area contributed by atoms with E-state index < -0.39 is 0 Å². The summed E-state index contributed by atoms with van der Waals surface area (Å²) >= 11 is 0. The third-order valence-corrected chi connectivity index (χ3v) is 7.73. The van der Waals surface area contributed by atoms with E-state index in [1.54, 1.807) is 6.33 Å². The zero-order valence-electron chi connectivity index (χ0n) is 20.6. The van der Waals surface area contributed by atoms with Crippen LogP contribution in [0.1, 0.15) is 0 Å². The molecule has 0 saturated carbocycles. The molecule has 4 heterocycles. The highest BCUT2D eigenvalue weighted by molar-refractivity contribution is 6.12. The summed E-state index contributed by atoms with van der Waals surface area (Å²) in [7, 11) is 0. The van der Waals surface area contributed by atoms with E-state index >= 15 is 0 Å². The van der Waals surface area contributed by atoms with Crippen LogP contribution in [0.2, 0.25) is 0 Å². The molecule has 5 aromatic carbocycles. The van der Waals surface area contributed by atoms with Crippen LogP contribution in [-0.2, 0) is 0 Å². The number of nitrogens with zero attached hydrogens (tertiary/aromatic N) is 3. The van der Waals surface area contributed by atoms with Gasteiger partial charge >= 0.3 is 0 Å². The van der Waals surface area contributed by atoms with Crippen LogP contribution in [0, 0.1) is 0 Å². The number of aromatic nitrogens is 3. The zero-order chi connectivity index (χ0) is 25.5. The van der Waals surface area contributed by atoms with Crippen LogP contribution in [0.15, 0.2) is 124 Å². The van der Waals surface area contributed by atoms with Crippen LogP contribution in [0.4, 0.5) is 0 Å². The summed E-state index contributed by atoms with van der Waals surface area (Å²) in [5.41, 5.74) is 8.41. The highest BCUT2D eigenvalue weighted by Crippen LogP contribution is 2.38. The Hall–Kier alpha value is -5.42. The first kappa shape index (κ1) is 20.6. The number of hydrogen-bond donors (Lipinski definition) is 0. The van der Waals surface area contributed by atoms with Gasteiger partial charge in [0.05, 0.1) is 11.0 Å². The Bertz CT molecular complexity index is 2350. The topological polar surface area (TPSA) is 57.0 Å². The lowest BCUT2D eigenvalue weighted by molar-refractivity contribution is 0.662. The van der Waals surface area contributed by atoms with Gasteiger partial charge in [-0.1, -0.05) is 66.7 Å². The second-order valence-electron chi connectivity index (χ2n) is 9.87. The molecule has 0 N–H and O–H groups in total. The number of rotatable bonds is 2. The van der Waals surface area contributed by atoms with Crippen molar-refractivity contribution in [3.05, 3.63) is 116 Å². The molecule has 0 aliphatic rings. The van der Waals surface area contributed by atoms with Crippen LogP contribution in [0.5, 0.6) is 0 Å². The minimum Gasteiger partial charge on any atom is -0.456 e. The van der Waals surface area contributed by atoms with E-state index in [1.165, 1.54) is 10.8 Å². The molecular formula is C34H19N3O2. The molecule has 0 saturated heterocycles. The average molecular weight is 502 g/mol. The Balaban J connectivity index is 1.28. The summed E-state index contributed by atoms with van der Waals surface area (Å²) in [6.45, 7) is 0. The van der Waals surface area contributed by atoms with E-state index in [1.807, 2.05) is 30.3 Å². The molecule has 0 spiro atoms. The predicted octanol–water partition coefficient (Wildman–Crippen LogP) is 9.04. The lowest BCUT2D eigenvalue weighted by Gasteiger charge is -2.06. The highest BCUT2D eigenvalue weighted by atomic mass is 16.3. The first-order valence-corrected chi connectivity index (χ1v) is 12.9. The maximum absolute atomic E-state index is 6.45. The van der Waals surface area contributed by atoms with Gasteiger partial charge in [0.2, 0.25) is 0 Å². The third kappa shape index (κ3) is 2.84. The van der Waals surface area contributed by atoms with Crippen LogP contribution >= 0.6 is 0 Å². The molecule has 0 unspecified atom stereocenters. The van der Waals surface area contributed by atoms with Crippen molar-refractivity contribution in [1.82, 2.24) is 14.5 Å². The summed E-state index contributed by atoms with van der Waals surface area (Å²) in [5.74, 6) is 0.737. The van der Waals surface area contributed by atoms with E-state index in [2.05, 4.69) is 88.4 Å². The van der Waals surface area contributed by atoms with Gasteiger partial charge in [-0.2, -0.15) is 0 Å². The molecule has 0 aliphatic heterocycles. The van der Waals surface area contributed by atoms with E-state index in [-0.39, 0.29) is 0 Å². The lowest BCUT2D eigenvalue weighted by atomic mass is 10.0. The van der Waals surface area contributed by atoms with E-state index in [0.29, 0.717) is 5.58 Å². The van der Waals surface area contributed by atoms with Gasteiger partial charge in [-0.25, -0.2) is 9.97 Å². The first-order valence-electron chi connectivity index (χ1n) is 12.9. The quantitative estimate of drug-likeness (QED) is 0.237. The van der Waals surface area contributed by atoms with Crippen molar-refractivity contribution in [3.8, 4) is 16.9 Å². The Morgan fingerprint density at radius 2 is 1.08 bits per heavy atom. The maximum atomic E-state index is 6.45. The van der Waals surface area contributed by atoms with Crippen molar-refractivity contribution in [1.29, 1.82) is 0 Å². The van der Waals surface area contributed by atoms with Gasteiger partial charge in [0.25, 0.3) is 0 Å². The fourth-order valence-electron chi connectivity index (χ4n) is 5.96. The normalized spacial score (nSPS) is 12.1. The monoisotopic (exact) mass is 501 g/mol. The van der Waals surface area contributed by atoms with Gasteiger partial charge in [-0.15, -0.1) is 0 Å². The molecule has 5 heteroatoms. The molecule has 39 heavy (non-hydrogen) atoms. The fraction of sp³-hybridized carbons (Fsp3) is 0. The van der Waals surface area contributed by atoms with E-state index in [9.17, 15) is 0 Å². The van der Waals surface area contributed by atoms with Crippen molar-refractivity contribution in [3.63, 3.8) is 0 Å². The van der Waals surface area contributed by atoms with Gasteiger partial charge in [0.1, 0.15) is 28.6 Å². The average Bonchev–Trinajstić information content (AvgIpc) is 3.66. The van der Waals surface area contributed by atoms with Crippen LogP contribution in [-0.4, -0.2) is 14.5 Å². The number of benzene rings is 5. The van der Waals surface area contributed by atoms with Crippen molar-refractivity contribution in [2.75, 3.05) is 0 Å². The van der Waals surface area contributed by atoms with E-state index in [0.717, 1.165) is 66.4 Å². The second kappa shape index (κ2) is 7.55. The first-order chi connectivity index (χ1) is 19.3. The molecule has 4 aromatic heterocycles. The van der Waals surface area contributed by atoms with Crippen molar-refractivity contribution < 1.29 is 8.83 Å². The van der Waals surface area contributed by atoms with Gasteiger partial charge in [0, 0.05) is 26.9 Å². The van der Waals surface area contributed by atoms with Crippen LogP contribution in [0.3, 0.4) is 0 Å². The molecule has 0 atom stereocenters. The zero-order valence-corrected chi connectivity index (χ0v) is 20.6. The minimum absolute atomic E-state index is 0.674. The summed E-state index contributed by atoms with van der Waals surface area (Å²) < 4.78 is 14.7. The molecule has 9 rings (SSSR count). The van der Waals surface area contributed by atoms with Gasteiger partial charge in [-0.05, 0) is 53.6 Å². The molecule has 0 amide bonds. The van der Waals surface area contributed by atoms with Gasteiger partial charge in [0.15, 0.2) is 11.4 Å². The van der Waals surface area contributed by atoms with Crippen molar-refractivity contribution in [2.45, 2.75) is 0 Å². The smallest absolute Gasteiger partial charge is 0.197 e. The summed E-state index contributed by atoms with van der Waals surface area (Å²) in [4.78, 5) is 9.41. The van der Waals surface area contributed by atoms with E-state index in [4.69, 9.17) is 13.8 Å². The minimum atomic E-state index is 0.674. The Kier molecular flexibility index (Phi) is 3.99. The standard InChI is InChI=1S/C34H19N3O2/c1-4-10-27-22(7-1)23-8-2-5-11-28(23)37(27)34-33-32(35-19-36-34)26-18-21(14-16-31(26)39-33)20-13-15-30-25(17-20)24-9-3-6-12-29(24)38-30/h1-19H. The third-order valence-electron chi connectivity index (χ3n) is 7.73. The SMILES string of the molecule is c1ccc2c(c1)oc1ccc(-c3ccc4oc5c(-n6c7ccccc7c7ccccc76)ncnc5c4c3)cc12. The van der Waals surface area contributed by atoms with Crippen LogP contribution < -0.4 is 0 Å². The number of furan rings is 2. The highest BCUT2D eigenvalue weighted by Gasteiger charge is 2.19.